The minimum absolute atomic E-state index is 0.188. The molecule has 0 unspecified atom stereocenters. The number of hydrogen-bond acceptors (Lipinski definition) is 5. The third kappa shape index (κ3) is 3.59. The van der Waals surface area contributed by atoms with E-state index in [4.69, 9.17) is 13.9 Å². The zero-order valence-electron chi connectivity index (χ0n) is 16.8. The number of carbonyl (C=O) groups excluding carboxylic acids is 1. The average Bonchev–Trinajstić information content (AvgIpc) is 3.28. The van der Waals surface area contributed by atoms with Crippen LogP contribution >= 0.6 is 11.3 Å². The van der Waals surface area contributed by atoms with E-state index in [1.54, 1.807) is 26.4 Å². The molecule has 0 N–H and O–H groups in total. The minimum Gasteiger partial charge on any atom is -0.493 e. The number of methoxy groups -OCH3 is 2. The van der Waals surface area contributed by atoms with Gasteiger partial charge in [-0.15, -0.1) is 0 Å². The quantitative estimate of drug-likeness (QED) is 0.487. The zero-order chi connectivity index (χ0) is 20.5. The molecule has 0 aliphatic rings. The fourth-order valence-corrected chi connectivity index (χ4v) is 4.55. The Morgan fingerprint density at radius 1 is 1.21 bits per heavy atom. The molecular formula is C22H22N2O4S. The third-order valence-electron chi connectivity index (χ3n) is 4.77. The summed E-state index contributed by atoms with van der Waals surface area (Å²) in [5.74, 6) is 0.355. The van der Waals surface area contributed by atoms with Gasteiger partial charge in [0, 0.05) is 19.0 Å². The highest BCUT2D eigenvalue weighted by atomic mass is 32.1. The molecular weight excluding hydrogens is 388 g/mol. The molecule has 150 valence electrons. The van der Waals surface area contributed by atoms with Crippen LogP contribution in [0.3, 0.4) is 0 Å². The molecule has 2 heterocycles. The first-order valence-corrected chi connectivity index (χ1v) is 10.1. The van der Waals surface area contributed by atoms with Gasteiger partial charge in [0.05, 0.1) is 23.9 Å². The van der Waals surface area contributed by atoms with E-state index in [-0.39, 0.29) is 5.76 Å². The van der Waals surface area contributed by atoms with Crippen LogP contribution in [-0.4, -0.2) is 31.3 Å². The predicted molar refractivity (Wildman–Crippen MR) is 114 cm³/mol. The Kier molecular flexibility index (Phi) is 5.25. The molecule has 2 aromatic heterocycles. The van der Waals surface area contributed by atoms with Gasteiger partial charge in [-0.2, -0.15) is 4.99 Å². The highest BCUT2D eigenvalue weighted by molar-refractivity contribution is 7.16. The number of furan rings is 1. The summed E-state index contributed by atoms with van der Waals surface area (Å²) in [5, 5.41) is 0.804. The number of rotatable bonds is 5. The second kappa shape index (κ2) is 7.85. The second-order valence-electron chi connectivity index (χ2n) is 6.87. The van der Waals surface area contributed by atoms with Crippen molar-refractivity contribution in [2.24, 2.45) is 4.99 Å². The molecule has 0 aliphatic heterocycles. The van der Waals surface area contributed by atoms with Crippen LogP contribution in [0.25, 0.3) is 21.2 Å². The first-order valence-electron chi connectivity index (χ1n) is 9.27. The molecule has 0 aliphatic carbocycles. The van der Waals surface area contributed by atoms with Crippen molar-refractivity contribution in [1.82, 2.24) is 4.57 Å². The van der Waals surface area contributed by atoms with Crippen molar-refractivity contribution in [2.45, 2.75) is 20.4 Å². The average molecular weight is 410 g/mol. The number of aromatic nitrogens is 1. The summed E-state index contributed by atoms with van der Waals surface area (Å²) in [5.41, 5.74) is 3.94. The molecule has 0 saturated carbocycles. The fourth-order valence-electron chi connectivity index (χ4n) is 3.44. The van der Waals surface area contributed by atoms with Gasteiger partial charge in [-0.05, 0) is 43.2 Å². The van der Waals surface area contributed by atoms with Crippen LogP contribution in [0.2, 0.25) is 0 Å². The number of ether oxygens (including phenoxy) is 2. The van der Waals surface area contributed by atoms with E-state index >= 15 is 0 Å². The summed E-state index contributed by atoms with van der Waals surface area (Å²) < 4.78 is 19.5. The molecule has 29 heavy (non-hydrogen) atoms. The van der Waals surface area contributed by atoms with Gasteiger partial charge in [-0.3, -0.25) is 4.79 Å². The molecule has 0 bridgehead atoms. The number of thiazole rings is 1. The number of benzene rings is 2. The molecule has 4 aromatic rings. The normalized spacial score (nSPS) is 12.2. The summed E-state index contributed by atoms with van der Waals surface area (Å²) in [6, 6.07) is 11.5. The lowest BCUT2D eigenvalue weighted by Gasteiger charge is -2.05. The Bertz CT molecular complexity index is 1280. The second-order valence-corrected chi connectivity index (χ2v) is 7.84. The van der Waals surface area contributed by atoms with E-state index in [0.29, 0.717) is 29.3 Å². The van der Waals surface area contributed by atoms with Crippen LogP contribution < -0.4 is 9.54 Å². The maximum atomic E-state index is 12.9. The molecule has 4 rings (SSSR count). The predicted octanol–water partition coefficient (Wildman–Crippen LogP) is 4.46. The SMILES string of the molecule is COCCn1c(=NC(=O)c2cc3cccc(OC)c3o2)sc2c(C)cc(C)cc21. The van der Waals surface area contributed by atoms with Gasteiger partial charge >= 0.3 is 5.91 Å². The van der Waals surface area contributed by atoms with Crippen LogP contribution in [0.15, 0.2) is 45.8 Å². The maximum absolute atomic E-state index is 12.9. The van der Waals surface area contributed by atoms with Crippen LogP contribution in [0.5, 0.6) is 5.75 Å². The fraction of sp³-hybridized carbons (Fsp3) is 0.273. The van der Waals surface area contributed by atoms with Gasteiger partial charge in [0.15, 0.2) is 21.9 Å². The highest BCUT2D eigenvalue weighted by Gasteiger charge is 2.16. The summed E-state index contributed by atoms with van der Waals surface area (Å²) in [6.07, 6.45) is 0. The van der Waals surface area contributed by atoms with E-state index in [0.717, 1.165) is 15.6 Å². The Labute approximate surface area is 172 Å². The molecule has 2 aromatic carbocycles. The highest BCUT2D eigenvalue weighted by Crippen LogP contribution is 2.29. The van der Waals surface area contributed by atoms with E-state index in [2.05, 4.69) is 31.0 Å². The number of hydrogen-bond donors (Lipinski definition) is 0. The molecule has 1 amide bonds. The lowest BCUT2D eigenvalue weighted by Crippen LogP contribution is -2.19. The zero-order valence-corrected chi connectivity index (χ0v) is 17.6. The molecule has 0 atom stereocenters. The Morgan fingerprint density at radius 2 is 2.03 bits per heavy atom. The van der Waals surface area contributed by atoms with E-state index < -0.39 is 5.91 Å². The minimum atomic E-state index is -0.421. The number of fused-ring (bicyclic) bond motifs is 2. The summed E-state index contributed by atoms with van der Waals surface area (Å²) in [4.78, 5) is 17.9. The largest absolute Gasteiger partial charge is 0.493 e. The number of aryl methyl sites for hydroxylation is 2. The van der Waals surface area contributed by atoms with Crippen LogP contribution in [-0.2, 0) is 11.3 Å². The topological polar surface area (TPSA) is 66.0 Å². The van der Waals surface area contributed by atoms with Gasteiger partial charge in [0.1, 0.15) is 0 Å². The first kappa shape index (κ1) is 19.4. The monoisotopic (exact) mass is 410 g/mol. The van der Waals surface area contributed by atoms with Crippen molar-refractivity contribution in [3.8, 4) is 5.75 Å². The lowest BCUT2D eigenvalue weighted by atomic mass is 10.1. The van der Waals surface area contributed by atoms with Gasteiger partial charge in [0.2, 0.25) is 0 Å². The third-order valence-corrected chi connectivity index (χ3v) is 6.00. The van der Waals surface area contributed by atoms with Crippen molar-refractivity contribution in [2.75, 3.05) is 20.8 Å². The van der Waals surface area contributed by atoms with Crippen molar-refractivity contribution in [1.29, 1.82) is 0 Å². The molecule has 0 radical (unpaired) electrons. The van der Waals surface area contributed by atoms with Crippen LogP contribution in [0, 0.1) is 13.8 Å². The lowest BCUT2D eigenvalue weighted by molar-refractivity contribution is 0.0973. The molecule has 0 spiro atoms. The maximum Gasteiger partial charge on any atom is 0.315 e. The summed E-state index contributed by atoms with van der Waals surface area (Å²) in [6.45, 7) is 5.28. The van der Waals surface area contributed by atoms with Crippen LogP contribution in [0.4, 0.5) is 0 Å². The Morgan fingerprint density at radius 3 is 2.79 bits per heavy atom. The van der Waals surface area contributed by atoms with Crippen molar-refractivity contribution < 1.29 is 18.7 Å². The van der Waals surface area contributed by atoms with Crippen molar-refractivity contribution >= 4 is 38.4 Å². The molecule has 0 saturated heterocycles. The van der Waals surface area contributed by atoms with E-state index in [9.17, 15) is 4.79 Å². The van der Waals surface area contributed by atoms with E-state index in [1.807, 2.05) is 16.7 Å². The first-order chi connectivity index (χ1) is 14.0. The van der Waals surface area contributed by atoms with Gasteiger partial charge in [-0.25, -0.2) is 0 Å². The number of para-hydroxylation sites is 1. The Balaban J connectivity index is 1.85. The number of amides is 1. The summed E-state index contributed by atoms with van der Waals surface area (Å²) >= 11 is 1.50. The Hall–Kier alpha value is -2.90. The molecule has 7 heteroatoms. The van der Waals surface area contributed by atoms with E-state index in [1.165, 1.54) is 22.5 Å². The smallest absolute Gasteiger partial charge is 0.315 e. The molecule has 0 fully saturated rings. The standard InChI is InChI=1S/C22H22N2O4S/c1-13-10-14(2)20-16(11-13)24(8-9-26-3)22(29-20)23-21(25)18-12-15-6-5-7-17(27-4)19(15)28-18/h5-7,10-12H,8-9H2,1-4H3. The van der Waals surface area contributed by atoms with Crippen LogP contribution in [0.1, 0.15) is 21.7 Å². The van der Waals surface area contributed by atoms with Gasteiger partial charge in [-0.1, -0.05) is 29.5 Å². The summed E-state index contributed by atoms with van der Waals surface area (Å²) in [7, 11) is 3.23. The van der Waals surface area contributed by atoms with Gasteiger partial charge in [0.25, 0.3) is 0 Å². The van der Waals surface area contributed by atoms with Gasteiger partial charge < -0.3 is 18.5 Å². The number of nitrogens with zero attached hydrogens (tertiary/aromatic N) is 2. The van der Waals surface area contributed by atoms with Crippen molar-refractivity contribution in [3.05, 3.63) is 58.1 Å². The molecule has 6 nitrogen and oxygen atoms in total. The number of carbonyl (C=O) groups is 1. The van der Waals surface area contributed by atoms with Crippen molar-refractivity contribution in [3.63, 3.8) is 0 Å².